The molecule has 3 aromatic rings. The molecule has 0 aliphatic carbocycles. The lowest BCUT2D eigenvalue weighted by molar-refractivity contribution is 0.0600. The Balaban J connectivity index is 1.49. The molecule has 31 heavy (non-hydrogen) atoms. The van der Waals surface area contributed by atoms with Gasteiger partial charge in [-0.15, -0.1) is 0 Å². The van der Waals surface area contributed by atoms with Gasteiger partial charge < -0.3 is 20.3 Å². The number of anilines is 3. The van der Waals surface area contributed by atoms with Crippen LogP contribution in [0.4, 0.5) is 26.4 Å². The fraction of sp³-hybridized carbons (Fsp3) is 0.261. The number of pyridine rings is 1. The number of benzene rings is 2. The Morgan fingerprint density at radius 1 is 1.00 bits per heavy atom. The van der Waals surface area contributed by atoms with E-state index in [2.05, 4.69) is 25.3 Å². The number of piperidine rings is 1. The monoisotopic (exact) mass is 422 g/mol. The van der Waals surface area contributed by atoms with Crippen molar-refractivity contribution in [3.8, 4) is 0 Å². The first-order chi connectivity index (χ1) is 15.0. The topological polar surface area (TPSA) is 83.6 Å². The standard InChI is InChI=1S/C23H23FN4O3/c1-31-22(29)16-6-5-7-17(13-16)25-23(30)26-18-12-15-8-9-20(27-21(15)19(24)14-18)28-10-3-2-4-11-28/h5-9,12-14H,2-4,10-11H2,1H3,(H2,25,26,30). The van der Waals surface area contributed by atoms with Gasteiger partial charge in [-0.3, -0.25) is 0 Å². The lowest BCUT2D eigenvalue weighted by Gasteiger charge is -2.27. The molecule has 2 heterocycles. The van der Waals surface area contributed by atoms with Gasteiger partial charge in [0.1, 0.15) is 11.3 Å². The largest absolute Gasteiger partial charge is 0.465 e. The molecule has 0 bridgehead atoms. The van der Waals surface area contributed by atoms with Crippen LogP contribution in [0.2, 0.25) is 0 Å². The normalized spacial score (nSPS) is 13.7. The van der Waals surface area contributed by atoms with E-state index in [0.717, 1.165) is 31.7 Å². The van der Waals surface area contributed by atoms with E-state index in [4.69, 9.17) is 0 Å². The molecular formula is C23H23FN4O3. The molecule has 7 nitrogen and oxygen atoms in total. The second kappa shape index (κ2) is 8.99. The number of urea groups is 1. The van der Waals surface area contributed by atoms with Crippen molar-refractivity contribution in [1.82, 2.24) is 4.98 Å². The highest BCUT2D eigenvalue weighted by Gasteiger charge is 2.15. The lowest BCUT2D eigenvalue weighted by atomic mass is 10.1. The van der Waals surface area contributed by atoms with Crippen molar-refractivity contribution < 1.29 is 18.7 Å². The molecule has 0 spiro atoms. The molecule has 1 aliphatic rings. The van der Waals surface area contributed by atoms with Gasteiger partial charge in [0.25, 0.3) is 0 Å². The smallest absolute Gasteiger partial charge is 0.337 e. The van der Waals surface area contributed by atoms with Gasteiger partial charge in [-0.25, -0.2) is 19.0 Å². The predicted octanol–water partition coefficient (Wildman–Crippen LogP) is 4.79. The van der Waals surface area contributed by atoms with Gasteiger partial charge in [-0.1, -0.05) is 6.07 Å². The van der Waals surface area contributed by atoms with Gasteiger partial charge >= 0.3 is 12.0 Å². The SMILES string of the molecule is COC(=O)c1cccc(NC(=O)Nc2cc(F)c3nc(N4CCCCC4)ccc3c2)c1. The van der Waals surface area contributed by atoms with E-state index in [1.165, 1.54) is 25.7 Å². The van der Waals surface area contributed by atoms with Crippen molar-refractivity contribution in [3.63, 3.8) is 0 Å². The number of fused-ring (bicyclic) bond motifs is 1. The number of aromatic nitrogens is 1. The molecule has 1 fully saturated rings. The van der Waals surface area contributed by atoms with Crippen LogP contribution in [0.15, 0.2) is 48.5 Å². The van der Waals surface area contributed by atoms with Crippen LogP contribution in [0.25, 0.3) is 10.9 Å². The third-order valence-corrected chi connectivity index (χ3v) is 5.21. The summed E-state index contributed by atoms with van der Waals surface area (Å²) in [5.41, 5.74) is 1.31. The van der Waals surface area contributed by atoms with Crippen LogP contribution in [-0.4, -0.2) is 37.2 Å². The number of nitrogens with one attached hydrogen (secondary N) is 2. The molecule has 1 saturated heterocycles. The van der Waals surface area contributed by atoms with Gasteiger partial charge in [-0.2, -0.15) is 0 Å². The summed E-state index contributed by atoms with van der Waals surface area (Å²) in [5, 5.41) is 5.85. The first-order valence-electron chi connectivity index (χ1n) is 10.1. The summed E-state index contributed by atoms with van der Waals surface area (Å²) in [5.74, 6) is -0.230. The van der Waals surface area contributed by atoms with Crippen molar-refractivity contribution in [2.24, 2.45) is 0 Å². The molecule has 0 radical (unpaired) electrons. The Hall–Kier alpha value is -3.68. The highest BCUT2D eigenvalue weighted by atomic mass is 19.1. The Labute approximate surface area is 179 Å². The van der Waals surface area contributed by atoms with Crippen molar-refractivity contribution in [3.05, 3.63) is 59.9 Å². The molecule has 8 heteroatoms. The summed E-state index contributed by atoms with van der Waals surface area (Å²) in [4.78, 5) is 30.7. The van der Waals surface area contributed by atoms with E-state index in [0.29, 0.717) is 22.3 Å². The molecule has 1 aromatic heterocycles. The van der Waals surface area contributed by atoms with E-state index in [-0.39, 0.29) is 5.52 Å². The number of carbonyl (C=O) groups is 2. The van der Waals surface area contributed by atoms with Crippen molar-refractivity contribution >= 4 is 40.1 Å². The highest BCUT2D eigenvalue weighted by molar-refractivity contribution is 6.02. The number of hydrogen-bond acceptors (Lipinski definition) is 5. The number of amides is 2. The van der Waals surface area contributed by atoms with Crippen LogP contribution in [0.3, 0.4) is 0 Å². The number of ether oxygens (including phenoxy) is 1. The van der Waals surface area contributed by atoms with Crippen LogP contribution >= 0.6 is 0 Å². The fourth-order valence-corrected chi connectivity index (χ4v) is 3.69. The number of carbonyl (C=O) groups excluding carboxylic acids is 2. The second-order valence-electron chi connectivity index (χ2n) is 7.40. The quantitative estimate of drug-likeness (QED) is 0.591. The van der Waals surface area contributed by atoms with E-state index in [1.807, 2.05) is 12.1 Å². The summed E-state index contributed by atoms with van der Waals surface area (Å²) in [6.07, 6.45) is 3.44. The summed E-state index contributed by atoms with van der Waals surface area (Å²) in [6, 6.07) is 12.4. The lowest BCUT2D eigenvalue weighted by Crippen LogP contribution is -2.30. The molecule has 4 rings (SSSR count). The highest BCUT2D eigenvalue weighted by Crippen LogP contribution is 2.26. The number of esters is 1. The van der Waals surface area contributed by atoms with E-state index in [1.54, 1.807) is 24.3 Å². The zero-order valence-corrected chi connectivity index (χ0v) is 17.2. The minimum Gasteiger partial charge on any atom is -0.465 e. The van der Waals surface area contributed by atoms with Crippen molar-refractivity contribution in [2.75, 3.05) is 35.7 Å². The maximum Gasteiger partial charge on any atom is 0.337 e. The molecule has 2 N–H and O–H groups in total. The zero-order chi connectivity index (χ0) is 21.8. The molecule has 0 atom stereocenters. The van der Waals surface area contributed by atoms with Crippen LogP contribution in [-0.2, 0) is 4.74 Å². The summed E-state index contributed by atoms with van der Waals surface area (Å²) in [7, 11) is 1.29. The van der Waals surface area contributed by atoms with Gasteiger partial charge in [0, 0.05) is 29.9 Å². The molecular weight excluding hydrogens is 399 g/mol. The number of hydrogen-bond donors (Lipinski definition) is 2. The Kier molecular flexibility index (Phi) is 5.97. The van der Waals surface area contributed by atoms with Gasteiger partial charge in [0.05, 0.1) is 12.7 Å². The predicted molar refractivity (Wildman–Crippen MR) is 118 cm³/mol. The van der Waals surface area contributed by atoms with Crippen molar-refractivity contribution in [1.29, 1.82) is 0 Å². The van der Waals surface area contributed by atoms with Gasteiger partial charge in [-0.05, 0) is 61.7 Å². The molecule has 0 unspecified atom stereocenters. The van der Waals surface area contributed by atoms with E-state index in [9.17, 15) is 14.0 Å². The van der Waals surface area contributed by atoms with Gasteiger partial charge in [0.2, 0.25) is 0 Å². The second-order valence-corrected chi connectivity index (χ2v) is 7.40. The molecule has 160 valence electrons. The first-order valence-corrected chi connectivity index (χ1v) is 10.1. The molecule has 2 amide bonds. The third-order valence-electron chi connectivity index (χ3n) is 5.21. The van der Waals surface area contributed by atoms with E-state index >= 15 is 0 Å². The molecule has 2 aromatic carbocycles. The maximum absolute atomic E-state index is 14.7. The fourth-order valence-electron chi connectivity index (χ4n) is 3.69. The Morgan fingerprint density at radius 2 is 1.77 bits per heavy atom. The van der Waals surface area contributed by atoms with Gasteiger partial charge in [0.15, 0.2) is 5.82 Å². The number of nitrogens with zero attached hydrogens (tertiary/aromatic N) is 2. The Bertz CT molecular complexity index is 1130. The van der Waals surface area contributed by atoms with Crippen LogP contribution in [0.1, 0.15) is 29.6 Å². The minimum absolute atomic E-state index is 0.278. The minimum atomic E-state index is -0.557. The van der Waals surface area contributed by atoms with E-state index < -0.39 is 17.8 Å². The summed E-state index contributed by atoms with van der Waals surface area (Å²) >= 11 is 0. The molecule has 1 aliphatic heterocycles. The Morgan fingerprint density at radius 3 is 2.55 bits per heavy atom. The maximum atomic E-state index is 14.7. The van der Waals surface area contributed by atoms with Crippen molar-refractivity contribution in [2.45, 2.75) is 19.3 Å². The molecule has 0 saturated carbocycles. The summed E-state index contributed by atoms with van der Waals surface area (Å²) in [6.45, 7) is 1.86. The first kappa shape index (κ1) is 20.6. The number of methoxy groups -OCH3 is 1. The number of rotatable bonds is 4. The number of halogens is 1. The van der Waals surface area contributed by atoms with Crippen LogP contribution in [0, 0.1) is 5.82 Å². The average Bonchev–Trinajstić information content (AvgIpc) is 2.79. The third kappa shape index (κ3) is 4.74. The summed E-state index contributed by atoms with van der Waals surface area (Å²) < 4.78 is 19.4. The zero-order valence-electron chi connectivity index (χ0n) is 17.2. The van der Waals surface area contributed by atoms with Crippen LogP contribution in [0.5, 0.6) is 0 Å². The van der Waals surface area contributed by atoms with Crippen LogP contribution < -0.4 is 15.5 Å². The average molecular weight is 422 g/mol.